The summed E-state index contributed by atoms with van der Waals surface area (Å²) in [7, 11) is -7.72. The molecule has 0 spiro atoms. The summed E-state index contributed by atoms with van der Waals surface area (Å²) in [5.74, 6) is -0.627. The Hall–Kier alpha value is -3.70. The van der Waals surface area contributed by atoms with E-state index in [9.17, 15) is 21.6 Å². The second-order valence-corrected chi connectivity index (χ2v) is 14.1. The number of nitrogens with one attached hydrogen (secondary N) is 1. The summed E-state index contributed by atoms with van der Waals surface area (Å²) in [5, 5.41) is 2.77. The molecule has 0 unspecified atom stereocenters. The number of piperidine rings is 1. The van der Waals surface area contributed by atoms with Crippen LogP contribution in [0.25, 0.3) is 0 Å². The van der Waals surface area contributed by atoms with Gasteiger partial charge in [0.15, 0.2) is 0 Å². The van der Waals surface area contributed by atoms with E-state index in [4.69, 9.17) is 11.6 Å². The molecule has 0 aromatic heterocycles. The number of sulfonamides is 2. The first kappa shape index (κ1) is 29.8. The number of para-hydroxylation sites is 1. The molecule has 11 heteroatoms. The highest BCUT2D eigenvalue weighted by atomic mass is 35.5. The number of carbonyl (C=O) groups is 1. The molecule has 5 rings (SSSR count). The van der Waals surface area contributed by atoms with Gasteiger partial charge in [0.25, 0.3) is 15.9 Å². The molecule has 1 N–H and O–H groups in total. The molecule has 1 amide bonds. The molecule has 4 aromatic rings. The molecular weight excluding hydrogens is 594 g/mol. The minimum absolute atomic E-state index is 0.0320. The van der Waals surface area contributed by atoms with Gasteiger partial charge in [0, 0.05) is 18.8 Å². The molecule has 1 saturated heterocycles. The molecule has 0 saturated carbocycles. The van der Waals surface area contributed by atoms with Gasteiger partial charge in [-0.15, -0.1) is 0 Å². The van der Waals surface area contributed by atoms with Crippen LogP contribution in [0.3, 0.4) is 0 Å². The molecule has 1 aliphatic rings. The van der Waals surface area contributed by atoms with Crippen molar-refractivity contribution in [2.45, 2.75) is 35.6 Å². The van der Waals surface area contributed by atoms with Crippen LogP contribution in [-0.4, -0.2) is 40.1 Å². The van der Waals surface area contributed by atoms with E-state index in [0.717, 1.165) is 24.8 Å². The number of rotatable bonds is 9. The Labute approximate surface area is 251 Å². The second kappa shape index (κ2) is 12.7. The summed E-state index contributed by atoms with van der Waals surface area (Å²) in [6, 6.07) is 27.8. The average molecular weight is 624 g/mol. The molecule has 0 radical (unpaired) electrons. The van der Waals surface area contributed by atoms with Crippen molar-refractivity contribution < 1.29 is 21.6 Å². The third-order valence-electron chi connectivity index (χ3n) is 7.05. The van der Waals surface area contributed by atoms with Gasteiger partial charge in [0.1, 0.15) is 0 Å². The highest BCUT2D eigenvalue weighted by Gasteiger charge is 2.28. The summed E-state index contributed by atoms with van der Waals surface area (Å²) < 4.78 is 56.5. The molecule has 0 bridgehead atoms. The van der Waals surface area contributed by atoms with Crippen molar-refractivity contribution in [2.75, 3.05) is 22.7 Å². The number of nitrogens with zero attached hydrogens (tertiary/aromatic N) is 2. The van der Waals surface area contributed by atoms with Gasteiger partial charge in [-0.3, -0.25) is 9.10 Å². The fourth-order valence-electron chi connectivity index (χ4n) is 4.79. The fourth-order valence-corrected chi connectivity index (χ4v) is 7.99. The average Bonchev–Trinajstić information content (AvgIpc) is 3.01. The maximum Gasteiger partial charge on any atom is 0.264 e. The van der Waals surface area contributed by atoms with Crippen LogP contribution in [0.4, 0.5) is 11.4 Å². The van der Waals surface area contributed by atoms with Crippen LogP contribution in [0.2, 0.25) is 5.02 Å². The molecule has 0 atom stereocenters. The summed E-state index contributed by atoms with van der Waals surface area (Å²) in [5.41, 5.74) is 1.58. The fraction of sp³-hybridized carbons (Fsp3) is 0.194. The van der Waals surface area contributed by atoms with Crippen LogP contribution >= 0.6 is 11.6 Å². The SMILES string of the molecule is O=C(Nc1ccc(S(=O)(=O)N2CCCCC2)cc1)c1cc(S(=O)(=O)N(Cc2ccccc2)c2ccccc2)ccc1Cl. The molecule has 8 nitrogen and oxygen atoms in total. The third-order valence-corrected chi connectivity index (χ3v) is 11.1. The van der Waals surface area contributed by atoms with Gasteiger partial charge >= 0.3 is 0 Å². The van der Waals surface area contributed by atoms with Crippen molar-refractivity contribution in [3.8, 4) is 0 Å². The minimum Gasteiger partial charge on any atom is -0.322 e. The molecule has 218 valence electrons. The topological polar surface area (TPSA) is 104 Å². The van der Waals surface area contributed by atoms with E-state index in [2.05, 4.69) is 5.32 Å². The number of hydrogen-bond donors (Lipinski definition) is 1. The Bertz CT molecular complexity index is 1760. The lowest BCUT2D eigenvalue weighted by Gasteiger charge is -2.25. The summed E-state index contributed by atoms with van der Waals surface area (Å²) in [6.07, 6.45) is 2.68. The summed E-state index contributed by atoms with van der Waals surface area (Å²) in [6.45, 7) is 1.07. The number of carbonyl (C=O) groups excluding carboxylic acids is 1. The smallest absolute Gasteiger partial charge is 0.264 e. The predicted molar refractivity (Wildman–Crippen MR) is 165 cm³/mol. The monoisotopic (exact) mass is 623 g/mol. The quantitative estimate of drug-likeness (QED) is 0.240. The molecule has 1 fully saturated rings. The van der Waals surface area contributed by atoms with Crippen LogP contribution < -0.4 is 9.62 Å². The van der Waals surface area contributed by atoms with Crippen molar-refractivity contribution in [1.82, 2.24) is 4.31 Å². The predicted octanol–water partition coefficient (Wildman–Crippen LogP) is 6.16. The van der Waals surface area contributed by atoms with E-state index in [1.807, 2.05) is 30.3 Å². The minimum atomic E-state index is -4.11. The van der Waals surface area contributed by atoms with Gasteiger partial charge in [0.2, 0.25) is 10.0 Å². The van der Waals surface area contributed by atoms with E-state index in [0.29, 0.717) is 24.5 Å². The third kappa shape index (κ3) is 6.52. The Balaban J connectivity index is 1.39. The Morgan fingerprint density at radius 3 is 2.00 bits per heavy atom. The lowest BCUT2D eigenvalue weighted by molar-refractivity contribution is 0.102. The van der Waals surface area contributed by atoms with Crippen LogP contribution in [0, 0.1) is 0 Å². The van der Waals surface area contributed by atoms with Crippen molar-refractivity contribution >= 4 is 48.9 Å². The Kier molecular flexibility index (Phi) is 8.98. The van der Waals surface area contributed by atoms with Crippen LogP contribution in [-0.2, 0) is 26.6 Å². The molecule has 42 heavy (non-hydrogen) atoms. The number of anilines is 2. The standard InChI is InChI=1S/C31H30ClN3O5S2/c32-30-19-18-28(42(39,40)35(26-12-6-2-7-13-26)23-24-10-4-1-5-11-24)22-29(30)31(36)33-25-14-16-27(17-15-25)41(37,38)34-20-8-3-9-21-34/h1-2,4-7,10-19,22H,3,8-9,20-21,23H2,(H,33,36). The first-order chi connectivity index (χ1) is 20.2. The zero-order chi connectivity index (χ0) is 29.7. The number of halogens is 1. The molecular formula is C31H30ClN3O5S2. The normalized spacial score (nSPS) is 14.3. The maximum atomic E-state index is 13.9. The van der Waals surface area contributed by atoms with Crippen molar-refractivity contribution in [3.63, 3.8) is 0 Å². The van der Waals surface area contributed by atoms with Gasteiger partial charge in [-0.25, -0.2) is 16.8 Å². The van der Waals surface area contributed by atoms with Gasteiger partial charge in [-0.1, -0.05) is 66.6 Å². The van der Waals surface area contributed by atoms with Crippen molar-refractivity contribution in [2.24, 2.45) is 0 Å². The van der Waals surface area contributed by atoms with Crippen LogP contribution in [0.15, 0.2) is 113 Å². The lowest BCUT2D eigenvalue weighted by atomic mass is 10.2. The molecule has 0 aliphatic carbocycles. The second-order valence-electron chi connectivity index (χ2n) is 9.92. The molecule has 4 aromatic carbocycles. The van der Waals surface area contributed by atoms with Crippen LogP contribution in [0.5, 0.6) is 0 Å². The van der Waals surface area contributed by atoms with Gasteiger partial charge in [-0.2, -0.15) is 4.31 Å². The Morgan fingerprint density at radius 2 is 1.36 bits per heavy atom. The highest BCUT2D eigenvalue weighted by Crippen LogP contribution is 2.29. The number of amides is 1. The first-order valence-electron chi connectivity index (χ1n) is 13.5. The van der Waals surface area contributed by atoms with Gasteiger partial charge in [-0.05, 0) is 73.0 Å². The lowest BCUT2D eigenvalue weighted by Crippen LogP contribution is -2.35. The summed E-state index contributed by atoms with van der Waals surface area (Å²) in [4.78, 5) is 13.3. The largest absolute Gasteiger partial charge is 0.322 e. The zero-order valence-corrected chi connectivity index (χ0v) is 25.1. The van der Waals surface area contributed by atoms with E-state index in [1.54, 1.807) is 30.3 Å². The van der Waals surface area contributed by atoms with Crippen LogP contribution in [0.1, 0.15) is 35.2 Å². The number of hydrogen-bond acceptors (Lipinski definition) is 5. The van der Waals surface area contributed by atoms with E-state index in [1.165, 1.54) is 51.1 Å². The zero-order valence-electron chi connectivity index (χ0n) is 22.7. The van der Waals surface area contributed by atoms with E-state index in [-0.39, 0.29) is 26.9 Å². The summed E-state index contributed by atoms with van der Waals surface area (Å²) >= 11 is 6.35. The van der Waals surface area contributed by atoms with Gasteiger partial charge in [0.05, 0.1) is 32.6 Å². The van der Waals surface area contributed by atoms with E-state index < -0.39 is 26.0 Å². The highest BCUT2D eigenvalue weighted by molar-refractivity contribution is 7.92. The Morgan fingerprint density at radius 1 is 0.762 bits per heavy atom. The first-order valence-corrected chi connectivity index (χ1v) is 16.7. The molecule has 1 aliphatic heterocycles. The van der Waals surface area contributed by atoms with Gasteiger partial charge < -0.3 is 5.32 Å². The van der Waals surface area contributed by atoms with E-state index >= 15 is 0 Å². The maximum absolute atomic E-state index is 13.9. The van der Waals surface area contributed by atoms with Crippen molar-refractivity contribution in [3.05, 3.63) is 119 Å². The number of benzene rings is 4. The molecule has 1 heterocycles. The van der Waals surface area contributed by atoms with Crippen molar-refractivity contribution in [1.29, 1.82) is 0 Å².